The van der Waals surface area contributed by atoms with Gasteiger partial charge < -0.3 is 9.84 Å². The van der Waals surface area contributed by atoms with E-state index in [9.17, 15) is 5.11 Å². The number of halogens is 1. The number of fused-ring (bicyclic) bond motifs is 1. The van der Waals surface area contributed by atoms with Crippen LogP contribution in [0.2, 0.25) is 0 Å². The van der Waals surface area contributed by atoms with Gasteiger partial charge in [0.2, 0.25) is 0 Å². The van der Waals surface area contributed by atoms with Crippen molar-refractivity contribution in [1.29, 1.82) is 0 Å². The van der Waals surface area contributed by atoms with Gasteiger partial charge in [-0.25, -0.2) is 0 Å². The van der Waals surface area contributed by atoms with Gasteiger partial charge in [-0.15, -0.1) is 0 Å². The highest BCUT2D eigenvalue weighted by Crippen LogP contribution is 2.66. The van der Waals surface area contributed by atoms with Gasteiger partial charge in [0.25, 0.3) is 0 Å². The number of phenolic OH excluding ortho intramolecular Hbond substituents is 1. The van der Waals surface area contributed by atoms with Crippen LogP contribution in [0.5, 0.6) is 11.5 Å². The SMILES string of the molecule is C[C@H]1CC[C@H]2C(C)(C)CCC[C@]23Oc2ccc(O)c(I)c2C[C@]13C. The van der Waals surface area contributed by atoms with E-state index < -0.39 is 0 Å². The molecule has 1 heterocycles. The van der Waals surface area contributed by atoms with Gasteiger partial charge in [0.05, 0.1) is 3.57 Å². The third-order valence-corrected chi connectivity index (χ3v) is 9.04. The molecule has 0 aromatic heterocycles. The van der Waals surface area contributed by atoms with E-state index in [0.29, 0.717) is 23.0 Å². The molecule has 3 aliphatic rings. The minimum absolute atomic E-state index is 0.0422. The van der Waals surface area contributed by atoms with Crippen molar-refractivity contribution in [2.45, 2.75) is 71.8 Å². The predicted octanol–water partition coefficient (Wildman–Crippen LogP) is 5.93. The summed E-state index contributed by atoms with van der Waals surface area (Å²) in [6, 6.07) is 3.80. The zero-order chi connectivity index (χ0) is 17.3. The molecule has 24 heavy (non-hydrogen) atoms. The van der Waals surface area contributed by atoms with Crippen LogP contribution in [0.25, 0.3) is 0 Å². The Morgan fingerprint density at radius 1 is 1.17 bits per heavy atom. The molecule has 2 nitrogen and oxygen atoms in total. The van der Waals surface area contributed by atoms with E-state index in [1.807, 2.05) is 6.07 Å². The highest BCUT2D eigenvalue weighted by atomic mass is 127. The van der Waals surface area contributed by atoms with E-state index in [4.69, 9.17) is 4.74 Å². The summed E-state index contributed by atoms with van der Waals surface area (Å²) in [7, 11) is 0. The lowest BCUT2D eigenvalue weighted by molar-refractivity contribution is -0.210. The predicted molar refractivity (Wildman–Crippen MR) is 106 cm³/mol. The molecule has 3 heteroatoms. The molecule has 0 saturated heterocycles. The smallest absolute Gasteiger partial charge is 0.129 e. The molecule has 1 spiro atoms. The van der Waals surface area contributed by atoms with Crippen molar-refractivity contribution in [1.82, 2.24) is 0 Å². The maximum absolute atomic E-state index is 10.2. The van der Waals surface area contributed by atoms with E-state index in [-0.39, 0.29) is 11.0 Å². The van der Waals surface area contributed by atoms with E-state index in [1.165, 1.54) is 37.7 Å². The van der Waals surface area contributed by atoms with Gasteiger partial charge in [0.1, 0.15) is 17.1 Å². The normalized spacial score (nSPS) is 40.0. The first kappa shape index (κ1) is 17.0. The van der Waals surface area contributed by atoms with Gasteiger partial charge in [0, 0.05) is 16.9 Å². The second-order valence-electron chi connectivity index (χ2n) is 9.33. The number of hydrogen-bond donors (Lipinski definition) is 1. The third-order valence-electron chi connectivity index (χ3n) is 7.83. The summed E-state index contributed by atoms with van der Waals surface area (Å²) >= 11 is 2.29. The quantitative estimate of drug-likeness (QED) is 0.507. The van der Waals surface area contributed by atoms with Crippen LogP contribution in [0, 0.1) is 26.2 Å². The number of rotatable bonds is 0. The van der Waals surface area contributed by atoms with Crippen LogP contribution < -0.4 is 4.74 Å². The minimum Gasteiger partial charge on any atom is -0.507 e. The first-order valence-electron chi connectivity index (χ1n) is 9.41. The molecule has 4 atom stereocenters. The van der Waals surface area contributed by atoms with E-state index >= 15 is 0 Å². The Morgan fingerprint density at radius 2 is 1.92 bits per heavy atom. The third kappa shape index (κ3) is 2.05. The van der Waals surface area contributed by atoms with E-state index in [1.54, 1.807) is 6.07 Å². The molecule has 2 aliphatic carbocycles. The van der Waals surface area contributed by atoms with Crippen LogP contribution in [0.15, 0.2) is 12.1 Å². The molecule has 4 rings (SSSR count). The van der Waals surface area contributed by atoms with Gasteiger partial charge in [-0.05, 0) is 84.6 Å². The number of benzene rings is 1. The molecule has 1 aromatic carbocycles. The fourth-order valence-electron chi connectivity index (χ4n) is 6.22. The second-order valence-corrected chi connectivity index (χ2v) is 10.4. The molecule has 1 aliphatic heterocycles. The summed E-state index contributed by atoms with van der Waals surface area (Å²) in [5.41, 5.74) is 1.68. The van der Waals surface area contributed by atoms with Gasteiger partial charge in [-0.1, -0.05) is 27.7 Å². The number of phenols is 1. The van der Waals surface area contributed by atoms with Gasteiger partial charge in [-0.2, -0.15) is 0 Å². The fraction of sp³-hybridized carbons (Fsp3) is 0.714. The summed E-state index contributed by atoms with van der Waals surface area (Å²) in [6.45, 7) is 9.79. The molecule has 1 N–H and O–H groups in total. The Kier molecular flexibility index (Phi) is 3.73. The Bertz CT molecular complexity index is 683. The topological polar surface area (TPSA) is 29.5 Å². The fourth-order valence-corrected chi connectivity index (χ4v) is 6.86. The molecule has 2 saturated carbocycles. The average Bonchev–Trinajstić information content (AvgIpc) is 2.51. The maximum atomic E-state index is 10.2. The van der Waals surface area contributed by atoms with Crippen molar-refractivity contribution in [3.63, 3.8) is 0 Å². The van der Waals surface area contributed by atoms with Crippen molar-refractivity contribution < 1.29 is 9.84 Å². The lowest BCUT2D eigenvalue weighted by atomic mass is 9.44. The summed E-state index contributed by atoms with van der Waals surface area (Å²) < 4.78 is 7.93. The van der Waals surface area contributed by atoms with Crippen molar-refractivity contribution in [3.05, 3.63) is 21.3 Å². The van der Waals surface area contributed by atoms with Crippen LogP contribution >= 0.6 is 22.6 Å². The average molecular weight is 440 g/mol. The molecular formula is C21H29IO2. The lowest BCUT2D eigenvalue weighted by Gasteiger charge is -2.66. The highest BCUT2D eigenvalue weighted by molar-refractivity contribution is 14.1. The highest BCUT2D eigenvalue weighted by Gasteiger charge is 2.65. The van der Waals surface area contributed by atoms with Crippen LogP contribution in [-0.4, -0.2) is 10.7 Å². The molecule has 0 unspecified atom stereocenters. The molecule has 1 aromatic rings. The van der Waals surface area contributed by atoms with Gasteiger partial charge in [-0.3, -0.25) is 0 Å². The van der Waals surface area contributed by atoms with Crippen LogP contribution in [-0.2, 0) is 6.42 Å². The Hall–Kier alpha value is -0.450. The molecule has 0 bridgehead atoms. The number of hydrogen-bond acceptors (Lipinski definition) is 2. The number of aromatic hydroxyl groups is 1. The Balaban J connectivity index is 1.91. The molecule has 2 fully saturated rings. The zero-order valence-electron chi connectivity index (χ0n) is 15.3. The van der Waals surface area contributed by atoms with Gasteiger partial charge in [0.15, 0.2) is 0 Å². The summed E-state index contributed by atoms with van der Waals surface area (Å²) in [5, 5.41) is 10.2. The first-order chi connectivity index (χ1) is 11.2. The molecule has 0 amide bonds. The summed E-state index contributed by atoms with van der Waals surface area (Å²) in [6.07, 6.45) is 7.36. The zero-order valence-corrected chi connectivity index (χ0v) is 17.4. The van der Waals surface area contributed by atoms with Crippen molar-refractivity contribution in [2.75, 3.05) is 0 Å². The van der Waals surface area contributed by atoms with Crippen molar-refractivity contribution >= 4 is 22.6 Å². The maximum Gasteiger partial charge on any atom is 0.129 e. The van der Waals surface area contributed by atoms with Gasteiger partial charge >= 0.3 is 0 Å². The largest absolute Gasteiger partial charge is 0.507 e. The lowest BCUT2D eigenvalue weighted by Crippen LogP contribution is -2.68. The minimum atomic E-state index is -0.0422. The van der Waals surface area contributed by atoms with Crippen LogP contribution in [0.1, 0.15) is 65.4 Å². The Labute approximate surface area is 159 Å². The summed E-state index contributed by atoms with van der Waals surface area (Å²) in [5.74, 6) is 2.68. The van der Waals surface area contributed by atoms with E-state index in [2.05, 4.69) is 50.3 Å². The monoisotopic (exact) mass is 440 g/mol. The molecular weight excluding hydrogens is 411 g/mol. The second kappa shape index (κ2) is 5.28. The number of ether oxygens (including phenoxy) is 1. The Morgan fingerprint density at radius 3 is 2.67 bits per heavy atom. The van der Waals surface area contributed by atoms with Crippen molar-refractivity contribution in [3.8, 4) is 11.5 Å². The summed E-state index contributed by atoms with van der Waals surface area (Å²) in [4.78, 5) is 0. The van der Waals surface area contributed by atoms with E-state index in [0.717, 1.165) is 15.7 Å². The van der Waals surface area contributed by atoms with Crippen LogP contribution in [0.4, 0.5) is 0 Å². The molecule has 132 valence electrons. The first-order valence-corrected chi connectivity index (χ1v) is 10.5. The standard InChI is InChI=1S/C21H29IO2/c1-13-6-9-17-19(2,3)10-5-11-21(17)20(13,4)12-14-16(24-21)8-7-15(23)18(14)22/h7-8,13,17,23H,5-6,9-12H2,1-4H3/t13-,17-,20+,21-/m0/s1. The van der Waals surface area contributed by atoms with Crippen LogP contribution in [0.3, 0.4) is 0 Å². The van der Waals surface area contributed by atoms with Crippen molar-refractivity contribution in [2.24, 2.45) is 22.7 Å². The molecule has 0 radical (unpaired) electrons.